The van der Waals surface area contributed by atoms with Crippen LogP contribution in [0.15, 0.2) is 17.0 Å². The van der Waals surface area contributed by atoms with Crippen LogP contribution in [0.2, 0.25) is 0 Å². The number of rotatable bonds is 3. The van der Waals surface area contributed by atoms with Crippen LogP contribution in [0.25, 0.3) is 0 Å². The number of hydrogen-bond acceptors (Lipinski definition) is 3. The highest BCUT2D eigenvalue weighted by Crippen LogP contribution is 2.26. The van der Waals surface area contributed by atoms with Gasteiger partial charge in [0.15, 0.2) is 0 Å². The molecule has 2 atom stereocenters. The summed E-state index contributed by atoms with van der Waals surface area (Å²) < 4.78 is 41.0. The second-order valence-electron chi connectivity index (χ2n) is 5.63. The quantitative estimate of drug-likeness (QED) is 0.843. The van der Waals surface area contributed by atoms with E-state index in [-0.39, 0.29) is 22.2 Å². The maximum atomic E-state index is 13.5. The van der Waals surface area contributed by atoms with Gasteiger partial charge < -0.3 is 5.73 Å². The van der Waals surface area contributed by atoms with Crippen LogP contribution in [0.4, 0.5) is 10.1 Å². The number of nitrogens with one attached hydrogen (secondary N) is 1. The normalized spacial score (nSPS) is 23.8. The Morgan fingerprint density at radius 3 is 2.55 bits per heavy atom. The zero-order valence-electron chi connectivity index (χ0n) is 11.8. The molecular weight excluding hydrogens is 279 g/mol. The summed E-state index contributed by atoms with van der Waals surface area (Å²) in [5.74, 6) is -0.243. The Morgan fingerprint density at radius 2 is 1.95 bits per heavy atom. The van der Waals surface area contributed by atoms with Crippen LogP contribution < -0.4 is 10.5 Å². The monoisotopic (exact) mass is 300 g/mol. The molecule has 0 saturated heterocycles. The fourth-order valence-corrected chi connectivity index (χ4v) is 4.18. The minimum atomic E-state index is -3.65. The van der Waals surface area contributed by atoms with Crippen molar-refractivity contribution in [2.24, 2.45) is 5.92 Å². The van der Waals surface area contributed by atoms with Crippen LogP contribution in [0.5, 0.6) is 0 Å². The first-order valence-electron chi connectivity index (χ1n) is 6.89. The van der Waals surface area contributed by atoms with Crippen LogP contribution in [0.1, 0.15) is 38.2 Å². The summed E-state index contributed by atoms with van der Waals surface area (Å²) >= 11 is 0. The number of halogens is 1. The van der Waals surface area contributed by atoms with E-state index < -0.39 is 15.8 Å². The molecule has 0 spiro atoms. The van der Waals surface area contributed by atoms with Gasteiger partial charge in [-0.1, -0.05) is 19.8 Å². The van der Waals surface area contributed by atoms with Gasteiger partial charge in [0, 0.05) is 6.04 Å². The summed E-state index contributed by atoms with van der Waals surface area (Å²) in [5, 5.41) is 0. The lowest BCUT2D eigenvalue weighted by molar-refractivity contribution is 0.310. The summed E-state index contributed by atoms with van der Waals surface area (Å²) in [6.07, 6.45) is 4.04. The molecule has 1 aliphatic rings. The smallest absolute Gasteiger partial charge is 0.240 e. The molecule has 0 radical (unpaired) electrons. The molecule has 1 aliphatic carbocycles. The predicted molar refractivity (Wildman–Crippen MR) is 77.3 cm³/mol. The second-order valence-corrected chi connectivity index (χ2v) is 7.35. The van der Waals surface area contributed by atoms with E-state index in [1.165, 1.54) is 19.1 Å². The Labute approximate surface area is 119 Å². The lowest BCUT2D eigenvalue weighted by atomic mass is 9.87. The van der Waals surface area contributed by atoms with Crippen molar-refractivity contribution in [3.63, 3.8) is 0 Å². The van der Waals surface area contributed by atoms with Crippen molar-refractivity contribution in [2.45, 2.75) is 50.5 Å². The molecule has 0 bridgehead atoms. The maximum Gasteiger partial charge on any atom is 0.240 e. The Balaban J connectivity index is 2.26. The summed E-state index contributed by atoms with van der Waals surface area (Å²) in [6, 6.07) is 2.44. The molecule has 1 saturated carbocycles. The molecule has 2 unspecified atom stereocenters. The van der Waals surface area contributed by atoms with Crippen LogP contribution >= 0.6 is 0 Å². The third kappa shape index (κ3) is 3.12. The van der Waals surface area contributed by atoms with Gasteiger partial charge in [0.05, 0.1) is 10.6 Å². The third-order valence-corrected chi connectivity index (χ3v) is 5.45. The van der Waals surface area contributed by atoms with Gasteiger partial charge in [0.2, 0.25) is 10.0 Å². The SMILES string of the molecule is Cc1cc(S(=O)(=O)NC2CCCCC2C)cc(N)c1F. The van der Waals surface area contributed by atoms with Gasteiger partial charge in [-0.15, -0.1) is 0 Å². The van der Waals surface area contributed by atoms with E-state index in [1.807, 2.05) is 0 Å². The van der Waals surface area contributed by atoms with Crippen LogP contribution in [-0.4, -0.2) is 14.5 Å². The van der Waals surface area contributed by atoms with E-state index in [0.717, 1.165) is 25.7 Å². The molecule has 1 aromatic carbocycles. The Morgan fingerprint density at radius 1 is 1.30 bits per heavy atom. The van der Waals surface area contributed by atoms with Gasteiger partial charge in [0.25, 0.3) is 0 Å². The lowest BCUT2D eigenvalue weighted by Crippen LogP contribution is -2.41. The number of hydrogen-bond donors (Lipinski definition) is 2. The molecule has 20 heavy (non-hydrogen) atoms. The molecule has 0 aliphatic heterocycles. The molecule has 1 fully saturated rings. The molecule has 0 heterocycles. The Kier molecular flexibility index (Phi) is 4.34. The number of benzene rings is 1. The molecule has 3 N–H and O–H groups in total. The third-order valence-electron chi connectivity index (χ3n) is 3.98. The molecule has 1 aromatic rings. The van der Waals surface area contributed by atoms with Crippen molar-refractivity contribution >= 4 is 15.7 Å². The number of nitrogens with two attached hydrogens (primary N) is 1. The van der Waals surface area contributed by atoms with Gasteiger partial charge in [0.1, 0.15) is 5.82 Å². The molecule has 0 aromatic heterocycles. The lowest BCUT2D eigenvalue weighted by Gasteiger charge is -2.29. The minimum Gasteiger partial charge on any atom is -0.396 e. The molecule has 112 valence electrons. The van der Waals surface area contributed by atoms with Gasteiger partial charge >= 0.3 is 0 Å². The van der Waals surface area contributed by atoms with E-state index >= 15 is 0 Å². The van der Waals surface area contributed by atoms with Crippen molar-refractivity contribution < 1.29 is 12.8 Å². The fourth-order valence-electron chi connectivity index (χ4n) is 2.68. The second kappa shape index (κ2) is 5.69. The first-order valence-corrected chi connectivity index (χ1v) is 8.37. The first kappa shape index (κ1) is 15.3. The highest BCUT2D eigenvalue weighted by Gasteiger charge is 2.27. The summed E-state index contributed by atoms with van der Waals surface area (Å²) in [4.78, 5) is 0.0340. The number of aryl methyl sites for hydroxylation is 1. The van der Waals surface area contributed by atoms with Crippen molar-refractivity contribution in [3.05, 3.63) is 23.5 Å². The molecule has 2 rings (SSSR count). The van der Waals surface area contributed by atoms with Crippen molar-refractivity contribution in [3.8, 4) is 0 Å². The van der Waals surface area contributed by atoms with Gasteiger partial charge in [-0.3, -0.25) is 0 Å². The van der Waals surface area contributed by atoms with E-state index in [9.17, 15) is 12.8 Å². The highest BCUT2D eigenvalue weighted by molar-refractivity contribution is 7.89. The average molecular weight is 300 g/mol. The van der Waals surface area contributed by atoms with Crippen molar-refractivity contribution in [1.29, 1.82) is 0 Å². The number of anilines is 1. The van der Waals surface area contributed by atoms with E-state index in [4.69, 9.17) is 5.73 Å². The Bertz CT molecular complexity index is 578. The molecule has 4 nitrogen and oxygen atoms in total. The predicted octanol–water partition coefficient (Wildman–Crippen LogP) is 2.57. The summed E-state index contributed by atoms with van der Waals surface area (Å²) in [5.41, 5.74) is 5.61. The standard InChI is InChI=1S/C14H21FN2O2S/c1-9-5-3-4-6-13(9)17-20(18,19)11-7-10(2)14(15)12(16)8-11/h7-9,13,17H,3-6,16H2,1-2H3. The van der Waals surface area contributed by atoms with Crippen LogP contribution in [0.3, 0.4) is 0 Å². The van der Waals surface area contributed by atoms with Gasteiger partial charge in [-0.2, -0.15) is 0 Å². The maximum absolute atomic E-state index is 13.5. The van der Waals surface area contributed by atoms with E-state index in [2.05, 4.69) is 11.6 Å². The van der Waals surface area contributed by atoms with Crippen LogP contribution in [0, 0.1) is 18.7 Å². The first-order chi connectivity index (χ1) is 9.31. The zero-order chi connectivity index (χ0) is 14.9. The van der Waals surface area contributed by atoms with E-state index in [0.29, 0.717) is 5.92 Å². The summed E-state index contributed by atoms with van der Waals surface area (Å²) in [6.45, 7) is 3.56. The van der Waals surface area contributed by atoms with Gasteiger partial charge in [-0.05, 0) is 43.4 Å². The largest absolute Gasteiger partial charge is 0.396 e. The highest BCUT2D eigenvalue weighted by atomic mass is 32.2. The average Bonchev–Trinajstić information content (AvgIpc) is 2.38. The topological polar surface area (TPSA) is 72.2 Å². The summed E-state index contributed by atoms with van der Waals surface area (Å²) in [7, 11) is -3.65. The van der Waals surface area contributed by atoms with Crippen LogP contribution in [-0.2, 0) is 10.0 Å². The molecule has 0 amide bonds. The Hall–Kier alpha value is -1.14. The zero-order valence-corrected chi connectivity index (χ0v) is 12.6. The van der Waals surface area contributed by atoms with Gasteiger partial charge in [-0.25, -0.2) is 17.5 Å². The van der Waals surface area contributed by atoms with Crippen molar-refractivity contribution in [2.75, 3.05) is 5.73 Å². The minimum absolute atomic E-state index is 0.0340. The molecule has 6 heteroatoms. The fraction of sp³-hybridized carbons (Fsp3) is 0.571. The van der Waals surface area contributed by atoms with E-state index in [1.54, 1.807) is 0 Å². The van der Waals surface area contributed by atoms with Crippen molar-refractivity contribution in [1.82, 2.24) is 4.72 Å². The number of sulfonamides is 1. The molecular formula is C14H21FN2O2S. The number of nitrogen functional groups attached to an aromatic ring is 1.